The second-order valence-corrected chi connectivity index (χ2v) is 9.97. The summed E-state index contributed by atoms with van der Waals surface area (Å²) < 4.78 is 33.7. The fraction of sp³-hybridized carbons (Fsp3) is 0.394. The van der Waals surface area contributed by atoms with E-state index in [-0.39, 0.29) is 5.75 Å². The zero-order valence-corrected chi connectivity index (χ0v) is 21.6. The summed E-state index contributed by atoms with van der Waals surface area (Å²) in [7, 11) is 0. The van der Waals surface area contributed by atoms with Crippen LogP contribution in [0.5, 0.6) is 5.75 Å². The van der Waals surface area contributed by atoms with Crippen molar-refractivity contribution in [1.82, 2.24) is 0 Å². The molecule has 0 amide bonds. The van der Waals surface area contributed by atoms with Crippen molar-refractivity contribution in [2.75, 3.05) is 6.61 Å². The van der Waals surface area contributed by atoms with Gasteiger partial charge < -0.3 is 4.74 Å². The zero-order valence-electron chi connectivity index (χ0n) is 21.6. The van der Waals surface area contributed by atoms with Gasteiger partial charge in [0.1, 0.15) is 0 Å². The number of hydrogen-bond acceptors (Lipinski definition) is 1. The van der Waals surface area contributed by atoms with Crippen molar-refractivity contribution in [3.05, 3.63) is 101 Å². The molecule has 1 saturated carbocycles. The van der Waals surface area contributed by atoms with Crippen molar-refractivity contribution in [3.8, 4) is 16.9 Å². The van der Waals surface area contributed by atoms with E-state index in [1.54, 1.807) is 19.1 Å². The predicted molar refractivity (Wildman–Crippen MR) is 146 cm³/mol. The molecule has 0 unspecified atom stereocenters. The minimum atomic E-state index is -0.859. The van der Waals surface area contributed by atoms with E-state index in [1.807, 2.05) is 0 Å². The molecule has 0 aromatic heterocycles. The molecule has 3 aromatic carbocycles. The van der Waals surface area contributed by atoms with Gasteiger partial charge in [-0.3, -0.25) is 0 Å². The molecule has 0 radical (unpaired) electrons. The van der Waals surface area contributed by atoms with Crippen LogP contribution < -0.4 is 4.74 Å². The van der Waals surface area contributed by atoms with Gasteiger partial charge in [-0.15, -0.1) is 0 Å². The molecular formula is C33H38F2O. The highest BCUT2D eigenvalue weighted by Gasteiger charge is 2.23. The minimum Gasteiger partial charge on any atom is -0.491 e. The molecular weight excluding hydrogens is 450 g/mol. The smallest absolute Gasteiger partial charge is 0.200 e. The average Bonchev–Trinajstić information content (AvgIpc) is 2.92. The summed E-state index contributed by atoms with van der Waals surface area (Å²) in [5.41, 5.74) is 5.77. The number of rotatable bonds is 10. The Morgan fingerprint density at radius 3 is 2.11 bits per heavy atom. The maximum atomic E-state index is 14.4. The third-order valence-electron chi connectivity index (χ3n) is 7.60. The molecule has 3 heteroatoms. The SMILES string of the molecule is C/C=C/CCc1ccc(-c2ccc(C3CCC(CCc4ccc(OCC)c(F)c4F)CC3)cc2)cc1. The van der Waals surface area contributed by atoms with Crippen LogP contribution in [0.4, 0.5) is 8.78 Å². The van der Waals surface area contributed by atoms with Crippen molar-refractivity contribution in [3.63, 3.8) is 0 Å². The normalized spacial score (nSPS) is 18.0. The second-order valence-electron chi connectivity index (χ2n) is 9.97. The maximum absolute atomic E-state index is 14.4. The fourth-order valence-corrected chi connectivity index (χ4v) is 5.40. The Hall–Kier alpha value is -2.94. The van der Waals surface area contributed by atoms with Crippen LogP contribution in [-0.4, -0.2) is 6.61 Å². The van der Waals surface area contributed by atoms with Gasteiger partial charge in [-0.05, 0) is 111 Å². The molecule has 3 aromatic rings. The number of hydrogen-bond donors (Lipinski definition) is 0. The lowest BCUT2D eigenvalue weighted by Gasteiger charge is -2.29. The Kier molecular flexibility index (Phi) is 9.33. The summed E-state index contributed by atoms with van der Waals surface area (Å²) in [5.74, 6) is -0.452. The molecule has 4 rings (SSSR count). The Labute approximate surface area is 215 Å². The van der Waals surface area contributed by atoms with Gasteiger partial charge in [0.2, 0.25) is 5.82 Å². The van der Waals surface area contributed by atoms with E-state index < -0.39 is 11.6 Å². The van der Waals surface area contributed by atoms with Crippen LogP contribution in [-0.2, 0) is 12.8 Å². The topological polar surface area (TPSA) is 9.23 Å². The molecule has 0 saturated heterocycles. The predicted octanol–water partition coefficient (Wildman–Crippen LogP) is 9.45. The minimum absolute atomic E-state index is 0.00219. The standard InChI is InChI=1S/C33H38F2O/c1-3-5-6-7-24-8-13-26(14-9-24)28-18-20-29(21-19-28)27-15-10-25(11-16-27)12-17-30-22-23-31(36-4-2)33(35)32(30)34/h3,5,8-9,13-14,18-23,25,27H,4,6-7,10-12,15-17H2,1-2H3/b5-3+. The van der Waals surface area contributed by atoms with E-state index in [9.17, 15) is 8.78 Å². The quantitative estimate of drug-likeness (QED) is 0.258. The van der Waals surface area contributed by atoms with Crippen LogP contribution >= 0.6 is 0 Å². The van der Waals surface area contributed by atoms with E-state index >= 15 is 0 Å². The maximum Gasteiger partial charge on any atom is 0.200 e. The summed E-state index contributed by atoms with van der Waals surface area (Å²) in [4.78, 5) is 0. The Morgan fingerprint density at radius 2 is 1.47 bits per heavy atom. The summed E-state index contributed by atoms with van der Waals surface area (Å²) in [5, 5.41) is 0. The molecule has 1 aliphatic rings. The molecule has 0 N–H and O–H groups in total. The number of benzene rings is 3. The Morgan fingerprint density at radius 1 is 0.806 bits per heavy atom. The van der Waals surface area contributed by atoms with Crippen LogP contribution in [0.15, 0.2) is 72.8 Å². The molecule has 0 heterocycles. The highest BCUT2D eigenvalue weighted by molar-refractivity contribution is 5.64. The Balaban J connectivity index is 1.27. The summed E-state index contributed by atoms with van der Waals surface area (Å²) >= 11 is 0. The number of aryl methyl sites for hydroxylation is 2. The van der Waals surface area contributed by atoms with Crippen LogP contribution in [0, 0.1) is 17.6 Å². The monoisotopic (exact) mass is 488 g/mol. The second kappa shape index (κ2) is 12.9. The first-order valence-corrected chi connectivity index (χ1v) is 13.5. The summed E-state index contributed by atoms with van der Waals surface area (Å²) in [6, 6.07) is 21.2. The van der Waals surface area contributed by atoms with Crippen LogP contribution in [0.25, 0.3) is 11.1 Å². The van der Waals surface area contributed by atoms with E-state index in [4.69, 9.17) is 4.74 Å². The lowest BCUT2D eigenvalue weighted by molar-refractivity contribution is 0.305. The third-order valence-corrected chi connectivity index (χ3v) is 7.60. The van der Waals surface area contributed by atoms with E-state index in [0.717, 1.165) is 44.9 Å². The van der Waals surface area contributed by atoms with E-state index in [0.29, 0.717) is 30.4 Å². The van der Waals surface area contributed by atoms with Gasteiger partial charge >= 0.3 is 0 Å². The van der Waals surface area contributed by atoms with Gasteiger partial charge in [-0.2, -0.15) is 4.39 Å². The first-order chi connectivity index (χ1) is 17.6. The number of allylic oxidation sites excluding steroid dienone is 2. The van der Waals surface area contributed by atoms with Crippen LogP contribution in [0.2, 0.25) is 0 Å². The van der Waals surface area contributed by atoms with Gasteiger partial charge in [0.25, 0.3) is 0 Å². The zero-order chi connectivity index (χ0) is 25.3. The van der Waals surface area contributed by atoms with Crippen molar-refractivity contribution >= 4 is 0 Å². The van der Waals surface area contributed by atoms with E-state index in [2.05, 4.69) is 67.6 Å². The van der Waals surface area contributed by atoms with Gasteiger partial charge in [0.05, 0.1) is 6.61 Å². The average molecular weight is 489 g/mol. The highest BCUT2D eigenvalue weighted by atomic mass is 19.2. The lowest BCUT2D eigenvalue weighted by Crippen LogP contribution is -2.14. The molecule has 0 spiro atoms. The van der Waals surface area contributed by atoms with Gasteiger partial charge in [0.15, 0.2) is 11.6 Å². The summed E-state index contributed by atoms with van der Waals surface area (Å²) in [6.45, 7) is 4.16. The first-order valence-electron chi connectivity index (χ1n) is 13.5. The largest absolute Gasteiger partial charge is 0.491 e. The van der Waals surface area contributed by atoms with Crippen LogP contribution in [0.1, 0.15) is 75.0 Å². The van der Waals surface area contributed by atoms with E-state index in [1.165, 1.54) is 22.3 Å². The number of halogens is 2. The lowest BCUT2D eigenvalue weighted by atomic mass is 9.76. The van der Waals surface area contributed by atoms with Crippen molar-refractivity contribution in [2.24, 2.45) is 5.92 Å². The molecule has 0 bridgehead atoms. The van der Waals surface area contributed by atoms with Gasteiger partial charge in [-0.25, -0.2) is 4.39 Å². The molecule has 1 fully saturated rings. The summed E-state index contributed by atoms with van der Waals surface area (Å²) in [6.07, 6.45) is 12.6. The van der Waals surface area contributed by atoms with Crippen LogP contribution in [0.3, 0.4) is 0 Å². The first kappa shape index (κ1) is 26.1. The number of ether oxygens (including phenoxy) is 1. The van der Waals surface area contributed by atoms with Crippen molar-refractivity contribution in [2.45, 2.75) is 71.1 Å². The van der Waals surface area contributed by atoms with Crippen molar-refractivity contribution < 1.29 is 13.5 Å². The molecule has 36 heavy (non-hydrogen) atoms. The Bertz CT molecular complexity index is 1120. The van der Waals surface area contributed by atoms with Crippen molar-refractivity contribution in [1.29, 1.82) is 0 Å². The molecule has 1 aliphatic carbocycles. The fourth-order valence-electron chi connectivity index (χ4n) is 5.40. The van der Waals surface area contributed by atoms with Gasteiger partial charge in [-0.1, -0.05) is 66.7 Å². The molecule has 190 valence electrons. The molecule has 0 atom stereocenters. The molecule has 1 nitrogen and oxygen atoms in total. The third kappa shape index (κ3) is 6.63. The van der Waals surface area contributed by atoms with Gasteiger partial charge in [0, 0.05) is 0 Å². The molecule has 0 aliphatic heterocycles. The highest BCUT2D eigenvalue weighted by Crippen LogP contribution is 2.38.